The number of carbonyl (C=O) groups is 1. The average molecular weight is 418 g/mol. The van der Waals surface area contributed by atoms with E-state index in [2.05, 4.69) is 83.8 Å². The van der Waals surface area contributed by atoms with Gasteiger partial charge in [0.1, 0.15) is 0 Å². The molecular weight excluding hydrogens is 390 g/mol. The standard InChI is InChI=1S/C30H27NO/c32-29(25-15-6-2-7-16-25)22-28(23-12-4-1-5-13-23)30-27-19-11-10-14-24(27)20-21-31(30)26-17-8-3-9-18-26/h1-19,28,30H,20-22H2. The fraction of sp³-hybridized carbons (Fsp3) is 0.167. The minimum Gasteiger partial charge on any atom is -0.364 e. The van der Waals surface area contributed by atoms with Gasteiger partial charge in [0, 0.05) is 30.1 Å². The summed E-state index contributed by atoms with van der Waals surface area (Å²) in [6, 6.07) is 39.7. The van der Waals surface area contributed by atoms with E-state index in [9.17, 15) is 4.79 Å². The van der Waals surface area contributed by atoms with Gasteiger partial charge in [-0.2, -0.15) is 0 Å². The molecule has 0 N–H and O–H groups in total. The van der Waals surface area contributed by atoms with Crippen LogP contribution in [0.25, 0.3) is 0 Å². The minimum absolute atomic E-state index is 0.0468. The van der Waals surface area contributed by atoms with Crippen LogP contribution in [0.5, 0.6) is 0 Å². The maximum atomic E-state index is 13.4. The largest absolute Gasteiger partial charge is 0.364 e. The molecule has 0 radical (unpaired) electrons. The van der Waals surface area contributed by atoms with Crippen LogP contribution in [0, 0.1) is 0 Å². The van der Waals surface area contributed by atoms with Gasteiger partial charge >= 0.3 is 0 Å². The summed E-state index contributed by atoms with van der Waals surface area (Å²) in [5.41, 5.74) is 5.92. The number of benzene rings is 4. The molecule has 2 heteroatoms. The van der Waals surface area contributed by atoms with Crippen LogP contribution in [0.4, 0.5) is 5.69 Å². The van der Waals surface area contributed by atoms with Gasteiger partial charge in [0.25, 0.3) is 0 Å². The fourth-order valence-electron chi connectivity index (χ4n) is 5.00. The number of hydrogen-bond acceptors (Lipinski definition) is 2. The average Bonchev–Trinajstić information content (AvgIpc) is 2.88. The number of ketones is 1. The van der Waals surface area contributed by atoms with Crippen molar-refractivity contribution < 1.29 is 4.79 Å². The number of hydrogen-bond donors (Lipinski definition) is 0. The fourth-order valence-corrected chi connectivity index (χ4v) is 5.00. The van der Waals surface area contributed by atoms with Crippen molar-refractivity contribution in [3.05, 3.63) is 138 Å². The maximum absolute atomic E-state index is 13.4. The second-order valence-corrected chi connectivity index (χ2v) is 8.43. The van der Waals surface area contributed by atoms with Gasteiger partial charge in [-0.25, -0.2) is 0 Å². The molecule has 1 aliphatic heterocycles. The molecule has 4 aromatic rings. The Morgan fingerprint density at radius 3 is 2.06 bits per heavy atom. The van der Waals surface area contributed by atoms with Gasteiger partial charge in [-0.1, -0.05) is 103 Å². The number of anilines is 1. The number of fused-ring (bicyclic) bond motifs is 1. The van der Waals surface area contributed by atoms with Crippen molar-refractivity contribution in [3.8, 4) is 0 Å². The second-order valence-electron chi connectivity index (χ2n) is 8.43. The molecule has 0 fully saturated rings. The van der Waals surface area contributed by atoms with Crippen molar-refractivity contribution in [3.63, 3.8) is 0 Å². The molecule has 2 atom stereocenters. The smallest absolute Gasteiger partial charge is 0.163 e. The highest BCUT2D eigenvalue weighted by Crippen LogP contribution is 2.44. The van der Waals surface area contributed by atoms with Crippen molar-refractivity contribution in [2.45, 2.75) is 24.8 Å². The molecule has 0 spiro atoms. The second kappa shape index (κ2) is 9.23. The Morgan fingerprint density at radius 1 is 0.750 bits per heavy atom. The summed E-state index contributed by atoms with van der Waals surface area (Å²) < 4.78 is 0. The highest BCUT2D eigenvalue weighted by Gasteiger charge is 2.36. The van der Waals surface area contributed by atoms with Gasteiger partial charge < -0.3 is 4.90 Å². The van der Waals surface area contributed by atoms with E-state index in [1.165, 1.54) is 22.4 Å². The Hall–Kier alpha value is -3.65. The monoisotopic (exact) mass is 417 g/mol. The molecule has 0 aromatic heterocycles. The van der Waals surface area contributed by atoms with Crippen LogP contribution < -0.4 is 4.90 Å². The number of para-hydroxylation sites is 1. The Balaban J connectivity index is 1.62. The molecule has 0 saturated heterocycles. The lowest BCUT2D eigenvalue weighted by Crippen LogP contribution is -2.39. The van der Waals surface area contributed by atoms with E-state index in [0.717, 1.165) is 18.5 Å². The first kappa shape index (κ1) is 20.3. The molecule has 5 rings (SSSR count). The van der Waals surface area contributed by atoms with Gasteiger partial charge in [0.05, 0.1) is 6.04 Å². The van der Waals surface area contributed by atoms with E-state index in [1.807, 2.05) is 36.4 Å². The van der Waals surface area contributed by atoms with Crippen LogP contribution >= 0.6 is 0 Å². The summed E-state index contributed by atoms with van der Waals surface area (Å²) in [6.45, 7) is 0.939. The Labute approximate surface area is 190 Å². The Morgan fingerprint density at radius 2 is 1.34 bits per heavy atom. The summed E-state index contributed by atoms with van der Waals surface area (Å²) in [7, 11) is 0. The Kier molecular flexibility index (Phi) is 5.85. The van der Waals surface area contributed by atoms with E-state index in [4.69, 9.17) is 0 Å². The van der Waals surface area contributed by atoms with Crippen molar-refractivity contribution in [1.29, 1.82) is 0 Å². The van der Waals surface area contributed by atoms with Gasteiger partial charge in [-0.15, -0.1) is 0 Å². The van der Waals surface area contributed by atoms with Crippen LogP contribution in [0.1, 0.15) is 45.4 Å². The van der Waals surface area contributed by atoms with E-state index in [1.54, 1.807) is 0 Å². The van der Waals surface area contributed by atoms with Gasteiger partial charge in [-0.3, -0.25) is 4.79 Å². The third kappa shape index (κ3) is 4.09. The molecular formula is C30H27NO. The van der Waals surface area contributed by atoms with Crippen molar-refractivity contribution >= 4 is 11.5 Å². The van der Waals surface area contributed by atoms with Crippen LogP contribution in [-0.4, -0.2) is 12.3 Å². The summed E-state index contributed by atoms with van der Waals surface area (Å²) in [5, 5.41) is 0. The lowest BCUT2D eigenvalue weighted by atomic mass is 9.78. The van der Waals surface area contributed by atoms with Gasteiger partial charge in [-0.05, 0) is 35.2 Å². The first-order valence-electron chi connectivity index (χ1n) is 11.3. The summed E-state index contributed by atoms with van der Waals surface area (Å²) in [5.74, 6) is 0.237. The van der Waals surface area contributed by atoms with Crippen molar-refractivity contribution in [1.82, 2.24) is 0 Å². The van der Waals surface area contributed by atoms with Crippen molar-refractivity contribution in [2.24, 2.45) is 0 Å². The normalized spacial score (nSPS) is 16.2. The quantitative estimate of drug-likeness (QED) is 0.320. The molecule has 1 heterocycles. The highest BCUT2D eigenvalue weighted by atomic mass is 16.1. The topological polar surface area (TPSA) is 20.3 Å². The van der Waals surface area contributed by atoms with E-state index in [-0.39, 0.29) is 17.7 Å². The summed E-state index contributed by atoms with van der Waals surface area (Å²) >= 11 is 0. The molecule has 158 valence electrons. The van der Waals surface area contributed by atoms with Crippen LogP contribution in [-0.2, 0) is 6.42 Å². The van der Waals surface area contributed by atoms with Crippen molar-refractivity contribution in [2.75, 3.05) is 11.4 Å². The number of carbonyl (C=O) groups excluding carboxylic acids is 1. The number of Topliss-reactive ketones (excluding diaryl/α,β-unsaturated/α-hetero) is 1. The van der Waals surface area contributed by atoms with Crippen LogP contribution in [0.2, 0.25) is 0 Å². The zero-order chi connectivity index (χ0) is 21.8. The molecule has 1 aliphatic rings. The number of rotatable bonds is 6. The first-order valence-corrected chi connectivity index (χ1v) is 11.3. The summed E-state index contributed by atoms with van der Waals surface area (Å²) in [4.78, 5) is 15.9. The molecule has 2 nitrogen and oxygen atoms in total. The van der Waals surface area contributed by atoms with Gasteiger partial charge in [0.2, 0.25) is 0 Å². The maximum Gasteiger partial charge on any atom is 0.163 e. The van der Waals surface area contributed by atoms with E-state index in [0.29, 0.717) is 6.42 Å². The summed E-state index contributed by atoms with van der Waals surface area (Å²) in [6.07, 6.45) is 1.48. The molecule has 0 aliphatic carbocycles. The van der Waals surface area contributed by atoms with E-state index < -0.39 is 0 Å². The van der Waals surface area contributed by atoms with Crippen LogP contribution in [0.3, 0.4) is 0 Å². The third-order valence-electron chi connectivity index (χ3n) is 6.53. The molecule has 0 bridgehead atoms. The zero-order valence-electron chi connectivity index (χ0n) is 18.1. The molecule has 32 heavy (non-hydrogen) atoms. The lowest BCUT2D eigenvalue weighted by molar-refractivity contribution is 0.0968. The lowest BCUT2D eigenvalue weighted by Gasteiger charge is -2.43. The minimum atomic E-state index is 0.0468. The number of nitrogens with zero attached hydrogens (tertiary/aromatic N) is 1. The molecule has 4 aromatic carbocycles. The van der Waals surface area contributed by atoms with Crippen LogP contribution in [0.15, 0.2) is 115 Å². The van der Waals surface area contributed by atoms with Gasteiger partial charge in [0.15, 0.2) is 5.78 Å². The Bertz CT molecular complexity index is 1170. The first-order chi connectivity index (χ1) is 15.8. The molecule has 0 amide bonds. The SMILES string of the molecule is O=C(CC(c1ccccc1)C1c2ccccc2CCN1c1ccccc1)c1ccccc1. The zero-order valence-corrected chi connectivity index (χ0v) is 18.1. The van der Waals surface area contributed by atoms with E-state index >= 15 is 0 Å². The third-order valence-corrected chi connectivity index (χ3v) is 6.53. The highest BCUT2D eigenvalue weighted by molar-refractivity contribution is 5.96. The predicted octanol–water partition coefficient (Wildman–Crippen LogP) is 6.85. The predicted molar refractivity (Wildman–Crippen MR) is 131 cm³/mol. The molecule has 2 unspecified atom stereocenters. The molecule has 0 saturated carbocycles.